The molecule has 0 atom stereocenters. The number of hydrogen-bond acceptors (Lipinski definition) is 9. The number of nitrogen functional groups attached to an aromatic ring is 1. The molecule has 3 aromatic rings. The van der Waals surface area contributed by atoms with E-state index in [1.807, 2.05) is 0 Å². The third-order valence-electron chi connectivity index (χ3n) is 5.33. The lowest BCUT2D eigenvalue weighted by Gasteiger charge is -2.23. The van der Waals surface area contributed by atoms with Crippen molar-refractivity contribution in [2.75, 3.05) is 23.4 Å². The molecule has 0 saturated heterocycles. The van der Waals surface area contributed by atoms with E-state index in [0.717, 1.165) is 6.07 Å². The van der Waals surface area contributed by atoms with E-state index in [2.05, 4.69) is 5.32 Å². The van der Waals surface area contributed by atoms with Crippen LogP contribution in [0.25, 0.3) is 0 Å². The zero-order valence-electron chi connectivity index (χ0n) is 17.3. The van der Waals surface area contributed by atoms with Crippen LogP contribution in [-0.2, 0) is 20.0 Å². The lowest BCUT2D eigenvalue weighted by Crippen LogP contribution is -2.25. The van der Waals surface area contributed by atoms with E-state index >= 15 is 0 Å². The van der Waals surface area contributed by atoms with Crippen LogP contribution in [0.4, 0.5) is 17.1 Å². The molecule has 0 radical (unpaired) electrons. The molecule has 5 N–H and O–H groups in total. The summed E-state index contributed by atoms with van der Waals surface area (Å²) in [6, 6.07) is 12.2. The van der Waals surface area contributed by atoms with Gasteiger partial charge in [0.25, 0.3) is 10.1 Å². The highest BCUT2D eigenvalue weighted by atomic mass is 32.2. The van der Waals surface area contributed by atoms with Crippen LogP contribution in [0, 0.1) is 0 Å². The molecule has 0 aliphatic heterocycles. The van der Waals surface area contributed by atoms with Crippen LogP contribution in [0.15, 0.2) is 64.4 Å². The molecule has 34 heavy (non-hydrogen) atoms. The number of benzene rings is 3. The van der Waals surface area contributed by atoms with Crippen LogP contribution in [0.3, 0.4) is 0 Å². The highest BCUT2D eigenvalue weighted by Gasteiger charge is 2.36. The Morgan fingerprint density at radius 3 is 1.94 bits per heavy atom. The van der Waals surface area contributed by atoms with Crippen molar-refractivity contribution in [1.82, 2.24) is 0 Å². The summed E-state index contributed by atoms with van der Waals surface area (Å²) in [5, 5.41) is 11.7. The van der Waals surface area contributed by atoms with E-state index in [-0.39, 0.29) is 38.5 Å². The molecule has 4 rings (SSSR count). The zero-order chi connectivity index (χ0) is 24.8. The Balaban J connectivity index is 1.89. The minimum atomic E-state index is -4.86. The van der Waals surface area contributed by atoms with Crippen LogP contribution in [0.2, 0.25) is 0 Å². The molecular formula is C22H18N2O8S2. The number of sulfone groups is 1. The summed E-state index contributed by atoms with van der Waals surface area (Å²) in [6.07, 6.45) is 0. The third kappa shape index (κ3) is 3.96. The number of anilines is 3. The summed E-state index contributed by atoms with van der Waals surface area (Å²) in [5.41, 5.74) is 5.14. The molecule has 0 unspecified atom stereocenters. The number of aliphatic hydroxyl groups is 1. The fourth-order valence-corrected chi connectivity index (χ4v) is 5.42. The number of carbonyl (C=O) groups excluding carboxylic acids is 2. The first kappa shape index (κ1) is 23.6. The van der Waals surface area contributed by atoms with Crippen molar-refractivity contribution >= 4 is 48.6 Å². The normalized spacial score (nSPS) is 13.4. The molecule has 0 saturated carbocycles. The lowest BCUT2D eigenvalue weighted by molar-refractivity contribution is 0.0980. The van der Waals surface area contributed by atoms with Gasteiger partial charge in [-0.05, 0) is 30.3 Å². The lowest BCUT2D eigenvalue weighted by atomic mass is 9.82. The van der Waals surface area contributed by atoms with Crippen LogP contribution in [0.1, 0.15) is 31.8 Å². The molecule has 10 nitrogen and oxygen atoms in total. The number of fused-ring (bicyclic) bond motifs is 2. The van der Waals surface area contributed by atoms with Gasteiger partial charge in [-0.1, -0.05) is 24.3 Å². The second-order valence-electron chi connectivity index (χ2n) is 7.46. The molecule has 176 valence electrons. The van der Waals surface area contributed by atoms with Gasteiger partial charge >= 0.3 is 0 Å². The number of hydrogen-bond donors (Lipinski definition) is 4. The van der Waals surface area contributed by atoms with Gasteiger partial charge in [0.1, 0.15) is 4.90 Å². The van der Waals surface area contributed by atoms with Gasteiger partial charge in [0.15, 0.2) is 21.4 Å². The Bertz CT molecular complexity index is 1560. The van der Waals surface area contributed by atoms with E-state index < -0.39 is 54.5 Å². The summed E-state index contributed by atoms with van der Waals surface area (Å²) >= 11 is 0. The van der Waals surface area contributed by atoms with E-state index in [4.69, 9.17) is 10.8 Å². The van der Waals surface area contributed by atoms with Crippen LogP contribution in [0.5, 0.6) is 0 Å². The van der Waals surface area contributed by atoms with Gasteiger partial charge in [-0.15, -0.1) is 0 Å². The first-order valence-electron chi connectivity index (χ1n) is 9.79. The van der Waals surface area contributed by atoms with Crippen molar-refractivity contribution in [2.45, 2.75) is 9.79 Å². The Labute approximate surface area is 194 Å². The van der Waals surface area contributed by atoms with Crippen molar-refractivity contribution in [2.24, 2.45) is 0 Å². The average Bonchev–Trinajstić information content (AvgIpc) is 2.78. The van der Waals surface area contributed by atoms with Crippen molar-refractivity contribution in [3.8, 4) is 0 Å². The molecule has 0 heterocycles. The SMILES string of the molecule is Nc1c(S(=O)(=O)O)cc(Nc2ccc(S(=O)(=O)CCO)cc2)c2c1C(=O)c1ccccc1C2=O. The summed E-state index contributed by atoms with van der Waals surface area (Å²) in [5.74, 6) is -1.72. The molecule has 3 aromatic carbocycles. The maximum absolute atomic E-state index is 13.3. The van der Waals surface area contributed by atoms with Gasteiger partial charge in [0, 0.05) is 16.8 Å². The summed E-state index contributed by atoms with van der Waals surface area (Å²) in [4.78, 5) is 25.6. The number of nitrogens with two attached hydrogens (primary N) is 1. The van der Waals surface area contributed by atoms with Crippen LogP contribution >= 0.6 is 0 Å². The second kappa shape index (κ2) is 8.33. The summed E-state index contributed by atoms with van der Waals surface area (Å²) in [6.45, 7) is -0.546. The van der Waals surface area contributed by atoms with Crippen molar-refractivity contribution in [3.63, 3.8) is 0 Å². The fraction of sp³-hybridized carbons (Fsp3) is 0.0909. The van der Waals surface area contributed by atoms with Gasteiger partial charge in [-0.25, -0.2) is 8.42 Å². The monoisotopic (exact) mass is 502 g/mol. The topological polar surface area (TPSA) is 181 Å². The van der Waals surface area contributed by atoms with Gasteiger partial charge in [0.2, 0.25) is 0 Å². The summed E-state index contributed by atoms with van der Waals surface area (Å²) in [7, 11) is -8.56. The Morgan fingerprint density at radius 1 is 0.853 bits per heavy atom. The Hall–Kier alpha value is -3.58. The van der Waals surface area contributed by atoms with Crippen LogP contribution < -0.4 is 11.1 Å². The number of aliphatic hydroxyl groups excluding tert-OH is 1. The van der Waals surface area contributed by atoms with Crippen molar-refractivity contribution in [3.05, 3.63) is 76.9 Å². The minimum absolute atomic E-state index is 0.0450. The molecular weight excluding hydrogens is 484 g/mol. The Morgan fingerprint density at radius 2 is 1.41 bits per heavy atom. The van der Waals surface area contributed by atoms with Gasteiger partial charge < -0.3 is 16.2 Å². The predicted molar refractivity (Wildman–Crippen MR) is 123 cm³/mol. The Kier molecular flexibility index (Phi) is 5.77. The first-order chi connectivity index (χ1) is 16.0. The average molecular weight is 503 g/mol. The molecule has 1 aliphatic rings. The standard InChI is InChI=1S/C22H18N2O8S2/c23-20-17(34(30,31)32)11-16(24-12-5-7-13(8-6-12)33(28,29)10-9-25)18-19(20)22(27)15-4-2-1-3-14(15)21(18)26/h1-8,11,24-25H,9-10,23H2,(H,30,31,32). The number of nitrogens with one attached hydrogen (secondary N) is 1. The third-order valence-corrected chi connectivity index (χ3v) is 7.93. The number of rotatable bonds is 6. The summed E-state index contributed by atoms with van der Waals surface area (Å²) < 4.78 is 57.8. The minimum Gasteiger partial charge on any atom is -0.397 e. The zero-order valence-corrected chi connectivity index (χ0v) is 19.0. The van der Waals surface area contributed by atoms with Gasteiger partial charge in [0.05, 0.1) is 39.8 Å². The van der Waals surface area contributed by atoms with E-state index in [1.54, 1.807) is 12.1 Å². The van der Waals surface area contributed by atoms with Crippen LogP contribution in [-0.4, -0.2) is 50.4 Å². The van der Waals surface area contributed by atoms with E-state index in [9.17, 15) is 31.0 Å². The maximum Gasteiger partial charge on any atom is 0.296 e. The second-order valence-corrected chi connectivity index (χ2v) is 11.0. The van der Waals surface area contributed by atoms with Gasteiger partial charge in [-0.3, -0.25) is 14.1 Å². The first-order valence-corrected chi connectivity index (χ1v) is 12.9. The molecule has 0 aromatic heterocycles. The predicted octanol–water partition coefficient (Wildman–Crippen LogP) is 1.80. The molecule has 12 heteroatoms. The molecule has 1 aliphatic carbocycles. The molecule has 0 bridgehead atoms. The highest BCUT2D eigenvalue weighted by molar-refractivity contribution is 7.91. The highest BCUT2D eigenvalue weighted by Crippen LogP contribution is 2.40. The quantitative estimate of drug-likeness (QED) is 0.224. The molecule has 0 fully saturated rings. The smallest absolute Gasteiger partial charge is 0.296 e. The van der Waals surface area contributed by atoms with E-state index in [1.165, 1.54) is 36.4 Å². The molecule has 0 amide bonds. The van der Waals surface area contributed by atoms with E-state index in [0.29, 0.717) is 0 Å². The largest absolute Gasteiger partial charge is 0.397 e. The maximum atomic E-state index is 13.3. The van der Waals surface area contributed by atoms with Crippen molar-refractivity contribution < 1.29 is 36.1 Å². The number of ketones is 2. The number of carbonyl (C=O) groups is 2. The van der Waals surface area contributed by atoms with Gasteiger partial charge in [-0.2, -0.15) is 8.42 Å². The fourth-order valence-electron chi connectivity index (χ4n) is 3.74. The molecule has 0 spiro atoms. The van der Waals surface area contributed by atoms with Crippen molar-refractivity contribution in [1.29, 1.82) is 0 Å².